The fourth-order valence-electron chi connectivity index (χ4n) is 4.57. The second-order valence-corrected chi connectivity index (χ2v) is 10.0. The Hall–Kier alpha value is -1.83. The lowest BCUT2D eigenvalue weighted by Gasteiger charge is -2.36. The number of hydrogen-bond donors (Lipinski definition) is 0. The lowest BCUT2D eigenvalue weighted by atomic mass is 9.92. The second kappa shape index (κ2) is 8.13. The maximum Gasteiger partial charge on any atom is 0.262 e. The van der Waals surface area contributed by atoms with Gasteiger partial charge in [0.25, 0.3) is 5.56 Å². The molecule has 1 fully saturated rings. The van der Waals surface area contributed by atoms with Gasteiger partial charge >= 0.3 is 0 Å². The number of benzene rings is 1. The third-order valence-electron chi connectivity index (χ3n) is 6.11. The average molecular weight is 428 g/mol. The summed E-state index contributed by atoms with van der Waals surface area (Å²) in [5.74, 6) is 3.28. The quantitative estimate of drug-likeness (QED) is 0.639. The summed E-state index contributed by atoms with van der Waals surface area (Å²) < 4.78 is 7.17. The molecule has 2 aromatic heterocycles. The van der Waals surface area contributed by atoms with Gasteiger partial charge in [-0.15, -0.1) is 11.3 Å². The van der Waals surface area contributed by atoms with Gasteiger partial charge in [-0.3, -0.25) is 14.3 Å². The maximum atomic E-state index is 13.3. The van der Waals surface area contributed by atoms with Crippen LogP contribution in [0.5, 0.6) is 5.75 Å². The molecule has 0 unspecified atom stereocenters. The van der Waals surface area contributed by atoms with Crippen LogP contribution >= 0.6 is 23.1 Å². The summed E-state index contributed by atoms with van der Waals surface area (Å²) in [6, 6.07) is 8.46. The fourth-order valence-corrected chi connectivity index (χ4v) is 6.75. The minimum absolute atomic E-state index is 0.0752. The molecule has 1 atom stereocenters. The molecule has 3 aromatic rings. The van der Waals surface area contributed by atoms with Crippen LogP contribution in [0.3, 0.4) is 0 Å². The first-order chi connectivity index (χ1) is 14.2. The molecule has 152 valence electrons. The number of thiophene rings is 1. The van der Waals surface area contributed by atoms with Crippen molar-refractivity contribution < 1.29 is 4.74 Å². The molecule has 5 nitrogen and oxygen atoms in total. The van der Waals surface area contributed by atoms with Gasteiger partial charge in [-0.05, 0) is 30.9 Å². The highest BCUT2D eigenvalue weighted by molar-refractivity contribution is 7.99. The van der Waals surface area contributed by atoms with E-state index in [1.807, 2.05) is 24.3 Å². The van der Waals surface area contributed by atoms with Gasteiger partial charge in [0.2, 0.25) is 0 Å². The van der Waals surface area contributed by atoms with E-state index >= 15 is 0 Å². The van der Waals surface area contributed by atoms with Crippen LogP contribution in [0.15, 0.2) is 35.4 Å². The molecule has 0 spiro atoms. The van der Waals surface area contributed by atoms with Gasteiger partial charge in [-0.25, -0.2) is 4.98 Å². The highest BCUT2D eigenvalue weighted by Crippen LogP contribution is 2.35. The van der Waals surface area contributed by atoms with Gasteiger partial charge in [0.1, 0.15) is 10.6 Å². The van der Waals surface area contributed by atoms with Crippen molar-refractivity contribution in [2.75, 3.05) is 31.7 Å². The molecule has 7 heteroatoms. The largest absolute Gasteiger partial charge is 0.496 e. The maximum absolute atomic E-state index is 13.3. The minimum atomic E-state index is 0.0752. The van der Waals surface area contributed by atoms with Crippen LogP contribution in [0.1, 0.15) is 22.4 Å². The Morgan fingerprint density at radius 2 is 2.07 bits per heavy atom. The van der Waals surface area contributed by atoms with Crippen LogP contribution in [-0.2, 0) is 19.4 Å². The fraction of sp³-hybridized carbons (Fsp3) is 0.455. The predicted molar refractivity (Wildman–Crippen MR) is 121 cm³/mol. The first-order valence-electron chi connectivity index (χ1n) is 10.2. The van der Waals surface area contributed by atoms with E-state index in [-0.39, 0.29) is 5.56 Å². The Kier molecular flexibility index (Phi) is 5.37. The van der Waals surface area contributed by atoms with E-state index in [1.54, 1.807) is 29.3 Å². The summed E-state index contributed by atoms with van der Waals surface area (Å²) >= 11 is 3.78. The number of rotatable bonds is 4. The van der Waals surface area contributed by atoms with Crippen molar-refractivity contribution in [3.8, 4) is 5.75 Å². The summed E-state index contributed by atoms with van der Waals surface area (Å²) in [4.78, 5) is 22.9. The van der Waals surface area contributed by atoms with E-state index in [2.05, 4.69) is 21.6 Å². The monoisotopic (exact) mass is 427 g/mol. The van der Waals surface area contributed by atoms with Crippen LogP contribution in [0.2, 0.25) is 0 Å². The molecule has 0 bridgehead atoms. The lowest BCUT2D eigenvalue weighted by molar-refractivity contribution is 0.199. The first kappa shape index (κ1) is 19.2. The topological polar surface area (TPSA) is 47.4 Å². The number of methoxy groups -OCH3 is 1. The Morgan fingerprint density at radius 1 is 1.24 bits per heavy atom. The van der Waals surface area contributed by atoms with Crippen molar-refractivity contribution in [2.24, 2.45) is 0 Å². The van der Waals surface area contributed by atoms with E-state index in [1.165, 1.54) is 35.0 Å². The number of fused-ring (bicyclic) bond motifs is 3. The third-order valence-corrected chi connectivity index (χ3v) is 8.21. The normalized spacial score (nSPS) is 20.0. The number of aromatic nitrogens is 2. The molecule has 1 aliphatic carbocycles. The SMILES string of the molecule is COc1ccccc1Cn1cnc2sc3c(c2c1=O)CC[C@H](N1CCSCC1)C3. The standard InChI is InChI=1S/C22H25N3O2S2/c1-27-18-5-3-2-4-15(18)13-25-14-23-21-20(22(25)26)17-7-6-16(12-19(17)29-21)24-8-10-28-11-9-24/h2-5,14,16H,6-13H2,1H3/t16-/m0/s1. The molecule has 0 saturated carbocycles. The number of aryl methyl sites for hydroxylation is 1. The molecule has 1 saturated heterocycles. The van der Waals surface area contributed by atoms with Gasteiger partial charge in [0, 0.05) is 41.1 Å². The van der Waals surface area contributed by atoms with Gasteiger partial charge in [-0.1, -0.05) is 18.2 Å². The Bertz CT molecular complexity index is 1090. The Morgan fingerprint density at radius 3 is 2.90 bits per heavy atom. The first-order valence-corrected chi connectivity index (χ1v) is 12.1. The number of hydrogen-bond acceptors (Lipinski definition) is 6. The second-order valence-electron chi connectivity index (χ2n) is 7.72. The van der Waals surface area contributed by atoms with Crippen LogP contribution in [0.4, 0.5) is 0 Å². The van der Waals surface area contributed by atoms with Crippen molar-refractivity contribution in [3.63, 3.8) is 0 Å². The van der Waals surface area contributed by atoms with Crippen molar-refractivity contribution >= 4 is 33.3 Å². The summed E-state index contributed by atoms with van der Waals surface area (Å²) in [6.45, 7) is 2.86. The molecule has 1 aliphatic heterocycles. The van der Waals surface area contributed by atoms with Crippen molar-refractivity contribution in [1.82, 2.24) is 14.5 Å². The van der Waals surface area contributed by atoms with E-state index in [0.29, 0.717) is 12.6 Å². The Balaban J connectivity index is 1.47. The molecule has 2 aliphatic rings. The van der Waals surface area contributed by atoms with Crippen molar-refractivity contribution in [1.29, 1.82) is 0 Å². The van der Waals surface area contributed by atoms with Crippen molar-refractivity contribution in [3.05, 3.63) is 57.0 Å². The van der Waals surface area contributed by atoms with E-state index in [4.69, 9.17) is 4.74 Å². The number of para-hydroxylation sites is 1. The van der Waals surface area contributed by atoms with Crippen LogP contribution in [0, 0.1) is 0 Å². The van der Waals surface area contributed by atoms with Crippen LogP contribution in [-0.4, -0.2) is 52.2 Å². The average Bonchev–Trinajstić information content (AvgIpc) is 3.15. The molecular formula is C22H25N3O2S2. The molecule has 3 heterocycles. The van der Waals surface area contributed by atoms with Gasteiger partial charge in [-0.2, -0.15) is 11.8 Å². The van der Waals surface area contributed by atoms with Crippen molar-refractivity contribution in [2.45, 2.75) is 31.8 Å². The van der Waals surface area contributed by atoms with Crippen LogP contribution < -0.4 is 10.3 Å². The Labute approximate surface area is 178 Å². The lowest BCUT2D eigenvalue weighted by Crippen LogP contribution is -2.43. The molecule has 5 rings (SSSR count). The summed E-state index contributed by atoms with van der Waals surface area (Å²) in [5.41, 5.74) is 2.32. The zero-order valence-corrected chi connectivity index (χ0v) is 18.2. The molecular weight excluding hydrogens is 402 g/mol. The smallest absolute Gasteiger partial charge is 0.262 e. The van der Waals surface area contributed by atoms with Gasteiger partial charge < -0.3 is 4.74 Å². The zero-order chi connectivity index (χ0) is 19.8. The molecule has 29 heavy (non-hydrogen) atoms. The van der Waals surface area contributed by atoms with Crippen LogP contribution in [0.25, 0.3) is 10.2 Å². The van der Waals surface area contributed by atoms with Gasteiger partial charge in [0.05, 0.1) is 25.4 Å². The van der Waals surface area contributed by atoms with E-state index in [9.17, 15) is 4.79 Å². The zero-order valence-electron chi connectivity index (χ0n) is 16.6. The molecule has 1 aromatic carbocycles. The molecule has 0 N–H and O–H groups in total. The van der Waals surface area contributed by atoms with Gasteiger partial charge in [0.15, 0.2) is 0 Å². The highest BCUT2D eigenvalue weighted by Gasteiger charge is 2.29. The molecule has 0 radical (unpaired) electrons. The highest BCUT2D eigenvalue weighted by atomic mass is 32.2. The summed E-state index contributed by atoms with van der Waals surface area (Å²) in [6.07, 6.45) is 4.88. The number of thioether (sulfide) groups is 1. The van der Waals surface area contributed by atoms with E-state index in [0.717, 1.165) is 40.8 Å². The molecule has 0 amide bonds. The summed E-state index contributed by atoms with van der Waals surface area (Å²) in [7, 11) is 1.66. The predicted octanol–water partition coefficient (Wildman–Crippen LogP) is 3.42. The third kappa shape index (κ3) is 3.60. The minimum Gasteiger partial charge on any atom is -0.496 e. The van der Waals surface area contributed by atoms with E-state index < -0.39 is 0 Å². The number of ether oxygens (including phenoxy) is 1. The number of nitrogens with zero attached hydrogens (tertiary/aromatic N) is 3. The summed E-state index contributed by atoms with van der Waals surface area (Å²) in [5, 5.41) is 0.843.